The maximum absolute atomic E-state index is 13.1. The summed E-state index contributed by atoms with van der Waals surface area (Å²) in [4.78, 5) is 25.9. The summed E-state index contributed by atoms with van der Waals surface area (Å²) in [5.74, 6) is -0.527. The Hall–Kier alpha value is -2.44. The van der Waals surface area contributed by atoms with Gasteiger partial charge in [-0.15, -0.1) is 0 Å². The van der Waals surface area contributed by atoms with Gasteiger partial charge in [0.15, 0.2) is 0 Å². The van der Waals surface area contributed by atoms with E-state index in [1.165, 1.54) is 89.9 Å². The molecule has 0 aromatic carbocycles. The van der Waals surface area contributed by atoms with Crippen molar-refractivity contribution in [2.24, 2.45) is 0 Å². The highest BCUT2D eigenvalue weighted by atomic mass is 16.5. The molecule has 0 aromatic rings. The van der Waals surface area contributed by atoms with E-state index in [1.807, 2.05) is 42.5 Å². The van der Waals surface area contributed by atoms with E-state index in [1.54, 1.807) is 0 Å². The minimum Gasteiger partial charge on any atom is -0.462 e. The molecule has 3 atom stereocenters. The van der Waals surface area contributed by atoms with E-state index < -0.39 is 18.2 Å². The fourth-order valence-electron chi connectivity index (χ4n) is 6.57. The molecule has 312 valence electrons. The molecule has 3 N–H and O–H groups in total. The maximum atomic E-state index is 13.1. The number of rotatable bonds is 39. The summed E-state index contributed by atoms with van der Waals surface area (Å²) >= 11 is 0. The fourth-order valence-corrected chi connectivity index (χ4v) is 6.57. The Balaban J connectivity index is 4.62. The van der Waals surface area contributed by atoms with E-state index in [0.717, 1.165) is 70.6 Å². The van der Waals surface area contributed by atoms with Crippen LogP contribution in [-0.2, 0) is 14.3 Å². The van der Waals surface area contributed by atoms with Gasteiger partial charge in [-0.05, 0) is 44.9 Å². The first-order valence-electron chi connectivity index (χ1n) is 22.6. The van der Waals surface area contributed by atoms with E-state index >= 15 is 0 Å². The first-order valence-corrected chi connectivity index (χ1v) is 22.6. The number of aliphatic hydroxyl groups is 2. The Morgan fingerprint density at radius 2 is 1.00 bits per heavy atom. The number of hydrogen-bond donors (Lipinski definition) is 3. The van der Waals surface area contributed by atoms with Gasteiger partial charge in [-0.1, -0.05) is 210 Å². The van der Waals surface area contributed by atoms with Crippen LogP contribution in [-0.4, -0.2) is 46.9 Å². The van der Waals surface area contributed by atoms with Gasteiger partial charge in [0, 0.05) is 6.42 Å². The first-order chi connectivity index (χ1) is 26.5. The molecule has 0 rings (SSSR count). The third-order valence-electron chi connectivity index (χ3n) is 9.99. The Morgan fingerprint density at radius 3 is 1.50 bits per heavy atom. The molecule has 0 bridgehead atoms. The van der Waals surface area contributed by atoms with Crippen LogP contribution in [0.15, 0.2) is 60.8 Å². The molecule has 0 saturated heterocycles. The van der Waals surface area contributed by atoms with Crippen LogP contribution in [0.25, 0.3) is 0 Å². The SMILES string of the molecule is CC/C=C/C=C/C=C\C=C/C=C/CCCCCC(=O)OC(CCCCCCCCCCC)CC(=O)NC(CO)C(O)CCCCCCCCCCCCC. The Kier molecular flexibility index (Phi) is 39.8. The highest BCUT2D eigenvalue weighted by Crippen LogP contribution is 2.17. The lowest BCUT2D eigenvalue weighted by molar-refractivity contribution is -0.151. The molecule has 0 aromatic heterocycles. The highest BCUT2D eigenvalue weighted by molar-refractivity contribution is 5.77. The molecule has 0 aliphatic carbocycles. The van der Waals surface area contributed by atoms with Crippen LogP contribution in [0.2, 0.25) is 0 Å². The van der Waals surface area contributed by atoms with Crippen molar-refractivity contribution in [1.29, 1.82) is 0 Å². The van der Waals surface area contributed by atoms with Crippen LogP contribution < -0.4 is 5.32 Å². The standard InChI is InChI=1S/C48H85NO5/c1-4-7-10-13-16-19-21-22-23-24-26-29-32-35-38-41-48(53)54-44(39-36-33-30-27-18-15-12-9-6-3)42-47(52)49-45(43-50)46(51)40-37-34-31-28-25-20-17-14-11-8-5-2/h7,10,13,16,19,21-24,26,44-46,50-51H,4-6,8-9,11-12,14-15,17-18,20,25,27-43H2,1-3H3,(H,49,52)/b10-7+,16-13+,21-19-,23-22-,26-24+. The summed E-state index contributed by atoms with van der Waals surface area (Å²) in [6.07, 6.45) is 49.9. The van der Waals surface area contributed by atoms with Gasteiger partial charge >= 0.3 is 5.97 Å². The van der Waals surface area contributed by atoms with E-state index in [0.29, 0.717) is 19.3 Å². The maximum Gasteiger partial charge on any atom is 0.306 e. The number of amides is 1. The van der Waals surface area contributed by atoms with Crippen LogP contribution in [0.4, 0.5) is 0 Å². The number of allylic oxidation sites excluding steroid dienone is 10. The number of carbonyl (C=O) groups excluding carboxylic acids is 2. The van der Waals surface area contributed by atoms with Crippen molar-refractivity contribution < 1.29 is 24.5 Å². The Labute approximate surface area is 333 Å². The van der Waals surface area contributed by atoms with Gasteiger partial charge in [0.25, 0.3) is 0 Å². The van der Waals surface area contributed by atoms with Gasteiger partial charge in [0.1, 0.15) is 6.10 Å². The predicted molar refractivity (Wildman–Crippen MR) is 232 cm³/mol. The molecular weight excluding hydrogens is 671 g/mol. The van der Waals surface area contributed by atoms with E-state index in [-0.39, 0.29) is 24.9 Å². The van der Waals surface area contributed by atoms with Crippen LogP contribution in [0.1, 0.15) is 207 Å². The lowest BCUT2D eigenvalue weighted by atomic mass is 10.0. The topological polar surface area (TPSA) is 95.9 Å². The average molecular weight is 756 g/mol. The molecule has 0 heterocycles. The lowest BCUT2D eigenvalue weighted by Crippen LogP contribution is -2.46. The summed E-state index contributed by atoms with van der Waals surface area (Å²) < 4.78 is 5.87. The quantitative estimate of drug-likeness (QED) is 0.0330. The van der Waals surface area contributed by atoms with Gasteiger partial charge < -0.3 is 20.3 Å². The van der Waals surface area contributed by atoms with Crippen molar-refractivity contribution in [3.63, 3.8) is 0 Å². The molecule has 6 heteroatoms. The number of hydrogen-bond acceptors (Lipinski definition) is 5. The van der Waals surface area contributed by atoms with E-state index in [9.17, 15) is 19.8 Å². The van der Waals surface area contributed by atoms with Gasteiger partial charge in [0.2, 0.25) is 5.91 Å². The van der Waals surface area contributed by atoms with Crippen LogP contribution in [0.3, 0.4) is 0 Å². The smallest absolute Gasteiger partial charge is 0.306 e. The van der Waals surface area contributed by atoms with Crippen LogP contribution in [0.5, 0.6) is 0 Å². The molecule has 0 radical (unpaired) electrons. The molecule has 0 saturated carbocycles. The zero-order chi connectivity index (χ0) is 39.6. The molecule has 0 fully saturated rings. The second kappa shape index (κ2) is 41.7. The second-order valence-electron chi connectivity index (χ2n) is 15.2. The average Bonchev–Trinajstić information content (AvgIpc) is 3.16. The highest BCUT2D eigenvalue weighted by Gasteiger charge is 2.24. The molecule has 54 heavy (non-hydrogen) atoms. The zero-order valence-corrected chi connectivity index (χ0v) is 35.3. The summed E-state index contributed by atoms with van der Waals surface area (Å²) in [5.41, 5.74) is 0. The second-order valence-corrected chi connectivity index (χ2v) is 15.2. The van der Waals surface area contributed by atoms with Crippen LogP contribution >= 0.6 is 0 Å². The number of ether oxygens (including phenoxy) is 1. The largest absolute Gasteiger partial charge is 0.462 e. The minimum absolute atomic E-state index is 0.0596. The third kappa shape index (κ3) is 36.5. The summed E-state index contributed by atoms with van der Waals surface area (Å²) in [6.45, 7) is 6.29. The van der Waals surface area contributed by atoms with Gasteiger partial charge in [0.05, 0.1) is 25.2 Å². The number of esters is 1. The zero-order valence-electron chi connectivity index (χ0n) is 35.3. The van der Waals surface area contributed by atoms with Gasteiger partial charge in [-0.25, -0.2) is 0 Å². The van der Waals surface area contributed by atoms with Crippen molar-refractivity contribution in [2.75, 3.05) is 6.61 Å². The number of aliphatic hydroxyl groups excluding tert-OH is 2. The summed E-state index contributed by atoms with van der Waals surface area (Å²) in [6, 6.07) is -0.708. The van der Waals surface area contributed by atoms with Crippen LogP contribution in [0, 0.1) is 0 Å². The van der Waals surface area contributed by atoms with Gasteiger partial charge in [-0.2, -0.15) is 0 Å². The van der Waals surface area contributed by atoms with E-state index in [2.05, 4.69) is 44.3 Å². The minimum atomic E-state index is -0.793. The molecule has 6 nitrogen and oxygen atoms in total. The van der Waals surface area contributed by atoms with Gasteiger partial charge in [-0.3, -0.25) is 9.59 Å². The van der Waals surface area contributed by atoms with Crippen molar-refractivity contribution in [3.8, 4) is 0 Å². The molecule has 1 amide bonds. The summed E-state index contributed by atoms with van der Waals surface area (Å²) in [5, 5.41) is 23.6. The molecule has 0 aliphatic rings. The molecule has 0 aliphatic heterocycles. The normalized spacial score (nSPS) is 13.9. The monoisotopic (exact) mass is 756 g/mol. The van der Waals surface area contributed by atoms with Crippen molar-refractivity contribution in [1.82, 2.24) is 5.32 Å². The molecule has 0 spiro atoms. The molecular formula is C48H85NO5. The lowest BCUT2D eigenvalue weighted by Gasteiger charge is -2.24. The fraction of sp³-hybridized carbons (Fsp3) is 0.750. The summed E-state index contributed by atoms with van der Waals surface area (Å²) in [7, 11) is 0. The molecule has 3 unspecified atom stereocenters. The van der Waals surface area contributed by atoms with Crippen molar-refractivity contribution in [3.05, 3.63) is 60.8 Å². The third-order valence-corrected chi connectivity index (χ3v) is 9.99. The van der Waals surface area contributed by atoms with Crippen molar-refractivity contribution in [2.45, 2.75) is 225 Å². The van der Waals surface area contributed by atoms with Crippen molar-refractivity contribution >= 4 is 11.9 Å². The number of unbranched alkanes of at least 4 members (excludes halogenated alkanes) is 21. The Morgan fingerprint density at radius 1 is 0.556 bits per heavy atom. The predicted octanol–water partition coefficient (Wildman–Crippen LogP) is 12.9. The van der Waals surface area contributed by atoms with E-state index in [4.69, 9.17) is 4.74 Å². The Bertz CT molecular complexity index is 984. The first kappa shape index (κ1) is 51.6. The number of carbonyl (C=O) groups is 2. The number of nitrogens with one attached hydrogen (secondary N) is 1.